The molecular formula is C4H9O6P. The normalized spacial score (nSPS) is 14.5. The summed E-state index contributed by atoms with van der Waals surface area (Å²) in [6.07, 6.45) is -0.694. The molecule has 0 rings (SSSR count). The number of methoxy groups -OCH3 is 1. The van der Waals surface area contributed by atoms with Gasteiger partial charge in [-0.2, -0.15) is 0 Å². The molecule has 0 saturated carbocycles. The molecule has 0 radical (unpaired) electrons. The maximum absolute atomic E-state index is 10.4. The predicted molar refractivity (Wildman–Crippen MR) is 35.1 cm³/mol. The van der Waals surface area contributed by atoms with E-state index < -0.39 is 25.8 Å². The van der Waals surface area contributed by atoms with Crippen molar-refractivity contribution in [2.24, 2.45) is 0 Å². The molecule has 0 aliphatic rings. The lowest BCUT2D eigenvalue weighted by molar-refractivity contribution is -0.138. The van der Waals surface area contributed by atoms with Crippen molar-refractivity contribution in [1.82, 2.24) is 0 Å². The molecular weight excluding hydrogens is 175 g/mol. The number of carboxylic acid groups (broad SMARTS) is 1. The standard InChI is InChI=1S/C4H9O6P/c1-10-4(2-3(5)6)11(7,8)9/h4H,2H2,1H3,(H,5,6)(H2,7,8,9)/t4-/m0/s1. The van der Waals surface area contributed by atoms with Crippen molar-refractivity contribution in [3.63, 3.8) is 0 Å². The minimum atomic E-state index is -4.43. The van der Waals surface area contributed by atoms with Gasteiger partial charge in [0.15, 0.2) is 5.85 Å². The first kappa shape index (κ1) is 10.6. The zero-order chi connectivity index (χ0) is 9.07. The van der Waals surface area contributed by atoms with E-state index in [4.69, 9.17) is 14.9 Å². The molecule has 0 aliphatic carbocycles. The zero-order valence-corrected chi connectivity index (χ0v) is 6.69. The molecule has 0 aromatic carbocycles. The summed E-state index contributed by atoms with van der Waals surface area (Å²) in [5.41, 5.74) is 0. The van der Waals surface area contributed by atoms with Gasteiger partial charge >= 0.3 is 13.6 Å². The van der Waals surface area contributed by atoms with E-state index >= 15 is 0 Å². The van der Waals surface area contributed by atoms with E-state index in [0.29, 0.717) is 0 Å². The fraction of sp³-hybridized carbons (Fsp3) is 0.750. The summed E-state index contributed by atoms with van der Waals surface area (Å²) in [4.78, 5) is 26.9. The molecule has 0 spiro atoms. The van der Waals surface area contributed by atoms with E-state index in [9.17, 15) is 9.36 Å². The first-order valence-corrected chi connectivity index (χ1v) is 4.36. The summed E-state index contributed by atoms with van der Waals surface area (Å²) in [7, 11) is -3.38. The Morgan fingerprint density at radius 1 is 1.64 bits per heavy atom. The lowest BCUT2D eigenvalue weighted by Crippen LogP contribution is -2.15. The first-order valence-electron chi connectivity index (χ1n) is 2.67. The van der Waals surface area contributed by atoms with E-state index in [1.807, 2.05) is 0 Å². The van der Waals surface area contributed by atoms with Crippen molar-refractivity contribution in [3.8, 4) is 0 Å². The Kier molecular flexibility index (Phi) is 3.68. The molecule has 7 heteroatoms. The lowest BCUT2D eigenvalue weighted by atomic mass is 10.5. The SMILES string of the molecule is CO[C@H](CC(=O)O)P(=O)(O)O. The second-order valence-corrected chi connectivity index (χ2v) is 3.63. The molecule has 0 aromatic heterocycles. The number of hydrogen-bond donors (Lipinski definition) is 3. The Bertz CT molecular complexity index is 183. The smallest absolute Gasteiger partial charge is 0.354 e. The fourth-order valence-corrected chi connectivity index (χ4v) is 1.16. The number of rotatable bonds is 4. The van der Waals surface area contributed by atoms with Gasteiger partial charge in [0.05, 0.1) is 6.42 Å². The Morgan fingerprint density at radius 2 is 2.09 bits per heavy atom. The summed E-state index contributed by atoms with van der Waals surface area (Å²) in [6.45, 7) is 0. The Hall–Kier alpha value is -0.420. The van der Waals surface area contributed by atoms with Crippen LogP contribution in [0.1, 0.15) is 6.42 Å². The first-order chi connectivity index (χ1) is 4.88. The third-order valence-electron chi connectivity index (χ3n) is 0.996. The van der Waals surface area contributed by atoms with Crippen LogP contribution in [0.4, 0.5) is 0 Å². The van der Waals surface area contributed by atoms with Crippen LogP contribution >= 0.6 is 7.60 Å². The molecule has 0 saturated heterocycles. The molecule has 3 N–H and O–H groups in total. The monoisotopic (exact) mass is 184 g/mol. The highest BCUT2D eigenvalue weighted by atomic mass is 31.2. The van der Waals surface area contributed by atoms with Crippen LogP contribution < -0.4 is 0 Å². The van der Waals surface area contributed by atoms with Crippen LogP contribution in [0, 0.1) is 0 Å². The van der Waals surface area contributed by atoms with E-state index in [0.717, 1.165) is 7.11 Å². The quantitative estimate of drug-likeness (QED) is 0.514. The number of aliphatic carboxylic acids is 1. The molecule has 0 fully saturated rings. The van der Waals surface area contributed by atoms with Crippen molar-refractivity contribution >= 4 is 13.6 Å². The van der Waals surface area contributed by atoms with Gasteiger partial charge in [-0.25, -0.2) is 0 Å². The molecule has 0 unspecified atom stereocenters. The van der Waals surface area contributed by atoms with Crippen LogP contribution in [0.15, 0.2) is 0 Å². The highest BCUT2D eigenvalue weighted by molar-refractivity contribution is 7.52. The fourth-order valence-electron chi connectivity index (χ4n) is 0.489. The van der Waals surface area contributed by atoms with Gasteiger partial charge in [0.25, 0.3) is 0 Å². The van der Waals surface area contributed by atoms with Gasteiger partial charge in [-0.3, -0.25) is 9.36 Å². The maximum atomic E-state index is 10.4. The highest BCUT2D eigenvalue weighted by Gasteiger charge is 2.30. The van der Waals surface area contributed by atoms with E-state index in [1.54, 1.807) is 0 Å². The van der Waals surface area contributed by atoms with Gasteiger partial charge in [-0.1, -0.05) is 0 Å². The largest absolute Gasteiger partial charge is 0.481 e. The number of carbonyl (C=O) groups is 1. The summed E-state index contributed by atoms with van der Waals surface area (Å²) in [6, 6.07) is 0. The van der Waals surface area contributed by atoms with Gasteiger partial charge in [-0.15, -0.1) is 0 Å². The van der Waals surface area contributed by atoms with Crippen LogP contribution in [0.2, 0.25) is 0 Å². The molecule has 11 heavy (non-hydrogen) atoms. The Morgan fingerprint density at radius 3 is 2.18 bits per heavy atom. The number of carboxylic acids is 1. The highest BCUT2D eigenvalue weighted by Crippen LogP contribution is 2.42. The van der Waals surface area contributed by atoms with Crippen LogP contribution in [0.3, 0.4) is 0 Å². The van der Waals surface area contributed by atoms with Crippen LogP contribution in [0.25, 0.3) is 0 Å². The third kappa shape index (κ3) is 4.10. The molecule has 0 bridgehead atoms. The van der Waals surface area contributed by atoms with Crippen molar-refractivity contribution in [2.45, 2.75) is 12.3 Å². The molecule has 0 aromatic rings. The van der Waals surface area contributed by atoms with Gasteiger partial charge in [0.2, 0.25) is 0 Å². The minimum absolute atomic E-state index is 0.694. The minimum Gasteiger partial charge on any atom is -0.481 e. The molecule has 1 atom stereocenters. The van der Waals surface area contributed by atoms with Crippen LogP contribution in [-0.2, 0) is 14.1 Å². The third-order valence-corrected chi connectivity index (χ3v) is 2.14. The number of ether oxygens (including phenoxy) is 1. The average Bonchev–Trinajstić information content (AvgIpc) is 1.79. The number of hydrogen-bond acceptors (Lipinski definition) is 3. The van der Waals surface area contributed by atoms with Crippen molar-refractivity contribution < 1.29 is 29.0 Å². The second kappa shape index (κ2) is 3.82. The Labute approximate surface area is 63.0 Å². The van der Waals surface area contributed by atoms with Crippen molar-refractivity contribution in [3.05, 3.63) is 0 Å². The molecule has 0 amide bonds. The van der Waals surface area contributed by atoms with Crippen LogP contribution in [0.5, 0.6) is 0 Å². The molecule has 0 heterocycles. The molecule has 66 valence electrons. The second-order valence-electron chi connectivity index (χ2n) is 1.88. The summed E-state index contributed by atoms with van der Waals surface area (Å²) < 4.78 is 14.7. The van der Waals surface area contributed by atoms with E-state index in [1.165, 1.54) is 0 Å². The van der Waals surface area contributed by atoms with Gasteiger partial charge in [0, 0.05) is 7.11 Å². The topological polar surface area (TPSA) is 104 Å². The van der Waals surface area contributed by atoms with E-state index in [-0.39, 0.29) is 0 Å². The van der Waals surface area contributed by atoms with Crippen molar-refractivity contribution in [2.75, 3.05) is 7.11 Å². The average molecular weight is 184 g/mol. The Balaban J connectivity index is 4.19. The molecule has 0 aliphatic heterocycles. The summed E-state index contributed by atoms with van der Waals surface area (Å²) in [5.74, 6) is -2.85. The summed E-state index contributed by atoms with van der Waals surface area (Å²) in [5, 5.41) is 8.16. The maximum Gasteiger partial charge on any atom is 0.354 e. The van der Waals surface area contributed by atoms with Gasteiger partial charge in [-0.05, 0) is 0 Å². The lowest BCUT2D eigenvalue weighted by Gasteiger charge is -2.13. The van der Waals surface area contributed by atoms with Gasteiger partial charge < -0.3 is 19.6 Å². The summed E-state index contributed by atoms with van der Waals surface area (Å²) >= 11 is 0. The van der Waals surface area contributed by atoms with E-state index in [2.05, 4.69) is 4.74 Å². The van der Waals surface area contributed by atoms with Crippen molar-refractivity contribution in [1.29, 1.82) is 0 Å². The van der Waals surface area contributed by atoms with Gasteiger partial charge in [0.1, 0.15) is 0 Å². The molecule has 6 nitrogen and oxygen atoms in total. The predicted octanol–water partition coefficient (Wildman–Crippen LogP) is -0.389. The zero-order valence-electron chi connectivity index (χ0n) is 5.80. The van der Waals surface area contributed by atoms with Crippen LogP contribution in [-0.4, -0.2) is 33.8 Å².